The monoisotopic (exact) mass is 278 g/mol. The summed E-state index contributed by atoms with van der Waals surface area (Å²) in [4.78, 5) is 24.9. The molecule has 0 saturated carbocycles. The number of nitrogens with one attached hydrogen (secondary N) is 1. The summed E-state index contributed by atoms with van der Waals surface area (Å²) in [6, 6.07) is 7.29. The fourth-order valence-corrected chi connectivity index (χ4v) is 2.07. The van der Waals surface area contributed by atoms with Gasteiger partial charge in [-0.15, -0.1) is 0 Å². The first-order valence-corrected chi connectivity index (χ1v) is 6.53. The molecule has 1 aliphatic heterocycles. The quantitative estimate of drug-likeness (QED) is 0.837. The Labute approximate surface area is 117 Å². The number of amides is 2. The standard InChI is InChI=1S/C14H15ClN2O2/c15-12-5-2-1-4-11(12)6-7-14(19)17-9-3-8-16-13(18)10-17/h1-2,4-7H,3,8-10H2,(H,16,18). The van der Waals surface area contributed by atoms with Gasteiger partial charge in [-0.2, -0.15) is 0 Å². The van der Waals surface area contributed by atoms with Crippen LogP contribution in [0, 0.1) is 0 Å². The van der Waals surface area contributed by atoms with Gasteiger partial charge in [0.2, 0.25) is 11.8 Å². The van der Waals surface area contributed by atoms with E-state index in [9.17, 15) is 9.59 Å². The predicted molar refractivity (Wildman–Crippen MR) is 74.7 cm³/mol. The molecule has 0 unspecified atom stereocenters. The SMILES string of the molecule is O=C1CN(C(=O)C=Cc2ccccc2Cl)CCCN1. The summed E-state index contributed by atoms with van der Waals surface area (Å²) < 4.78 is 0. The normalized spacial score (nSPS) is 16.3. The first-order chi connectivity index (χ1) is 9.16. The average molecular weight is 279 g/mol. The molecule has 0 bridgehead atoms. The van der Waals surface area contributed by atoms with Gasteiger partial charge in [-0.25, -0.2) is 0 Å². The highest BCUT2D eigenvalue weighted by atomic mass is 35.5. The van der Waals surface area contributed by atoms with Crippen LogP contribution in [0.2, 0.25) is 5.02 Å². The summed E-state index contributed by atoms with van der Waals surface area (Å²) in [6.45, 7) is 1.33. The van der Waals surface area contributed by atoms with E-state index in [1.54, 1.807) is 12.1 Å². The summed E-state index contributed by atoms with van der Waals surface area (Å²) >= 11 is 6.00. The Morgan fingerprint density at radius 1 is 1.37 bits per heavy atom. The maximum atomic E-state index is 12.0. The lowest BCUT2D eigenvalue weighted by Gasteiger charge is -2.16. The van der Waals surface area contributed by atoms with Crippen molar-refractivity contribution >= 4 is 29.5 Å². The number of hydrogen-bond acceptors (Lipinski definition) is 2. The highest BCUT2D eigenvalue weighted by molar-refractivity contribution is 6.32. The highest BCUT2D eigenvalue weighted by Gasteiger charge is 2.17. The van der Waals surface area contributed by atoms with Crippen LogP contribution in [-0.4, -0.2) is 36.3 Å². The number of hydrogen-bond donors (Lipinski definition) is 1. The van der Waals surface area contributed by atoms with Crippen molar-refractivity contribution in [1.82, 2.24) is 10.2 Å². The molecule has 19 heavy (non-hydrogen) atoms. The Balaban J connectivity index is 2.04. The second-order valence-electron chi connectivity index (χ2n) is 4.32. The average Bonchev–Trinajstić information content (AvgIpc) is 2.62. The van der Waals surface area contributed by atoms with E-state index in [4.69, 9.17) is 11.6 Å². The first-order valence-electron chi connectivity index (χ1n) is 6.15. The van der Waals surface area contributed by atoms with Gasteiger partial charge in [-0.3, -0.25) is 9.59 Å². The second-order valence-corrected chi connectivity index (χ2v) is 4.73. The van der Waals surface area contributed by atoms with E-state index in [0.29, 0.717) is 18.1 Å². The zero-order chi connectivity index (χ0) is 13.7. The smallest absolute Gasteiger partial charge is 0.247 e. The van der Waals surface area contributed by atoms with Gasteiger partial charge in [0.15, 0.2) is 0 Å². The molecule has 0 aromatic heterocycles. The van der Waals surface area contributed by atoms with E-state index >= 15 is 0 Å². The van der Waals surface area contributed by atoms with Crippen molar-refractivity contribution in [2.24, 2.45) is 0 Å². The van der Waals surface area contributed by atoms with Gasteiger partial charge < -0.3 is 10.2 Å². The lowest BCUT2D eigenvalue weighted by molar-refractivity contribution is -0.131. The molecule has 0 spiro atoms. The molecule has 0 aliphatic carbocycles. The zero-order valence-corrected chi connectivity index (χ0v) is 11.2. The van der Waals surface area contributed by atoms with E-state index in [1.807, 2.05) is 18.2 Å². The molecule has 1 aliphatic rings. The van der Waals surface area contributed by atoms with Gasteiger partial charge in [-0.05, 0) is 24.1 Å². The number of halogens is 1. The van der Waals surface area contributed by atoms with E-state index in [2.05, 4.69) is 5.32 Å². The fraction of sp³-hybridized carbons (Fsp3) is 0.286. The van der Waals surface area contributed by atoms with Gasteiger partial charge in [0, 0.05) is 24.2 Å². The Kier molecular flexibility index (Phi) is 4.58. The fourth-order valence-electron chi connectivity index (χ4n) is 1.87. The van der Waals surface area contributed by atoms with Crippen molar-refractivity contribution in [2.75, 3.05) is 19.6 Å². The van der Waals surface area contributed by atoms with E-state index in [0.717, 1.165) is 12.0 Å². The predicted octanol–water partition coefficient (Wildman–Crippen LogP) is 1.70. The summed E-state index contributed by atoms with van der Waals surface area (Å²) in [5.41, 5.74) is 0.789. The summed E-state index contributed by atoms with van der Waals surface area (Å²) in [6.07, 6.45) is 3.91. The van der Waals surface area contributed by atoms with Crippen LogP contribution >= 0.6 is 11.6 Å². The van der Waals surface area contributed by atoms with Gasteiger partial charge >= 0.3 is 0 Å². The lowest BCUT2D eigenvalue weighted by Crippen LogP contribution is -2.36. The van der Waals surface area contributed by atoms with E-state index in [-0.39, 0.29) is 18.4 Å². The third-order valence-corrected chi connectivity index (χ3v) is 3.23. The van der Waals surface area contributed by atoms with Crippen LogP contribution in [0.4, 0.5) is 0 Å². The zero-order valence-electron chi connectivity index (χ0n) is 10.4. The molecule has 0 atom stereocenters. The van der Waals surface area contributed by atoms with Gasteiger partial charge in [0.05, 0.1) is 6.54 Å². The van der Waals surface area contributed by atoms with Crippen molar-refractivity contribution in [3.63, 3.8) is 0 Å². The summed E-state index contributed by atoms with van der Waals surface area (Å²) in [5.74, 6) is -0.283. The van der Waals surface area contributed by atoms with Crippen molar-refractivity contribution < 1.29 is 9.59 Å². The van der Waals surface area contributed by atoms with Crippen LogP contribution in [0.5, 0.6) is 0 Å². The molecule has 1 heterocycles. The number of nitrogens with zero attached hydrogens (tertiary/aromatic N) is 1. The molecule has 1 fully saturated rings. The van der Waals surface area contributed by atoms with Crippen LogP contribution in [0.1, 0.15) is 12.0 Å². The number of benzene rings is 1. The number of rotatable bonds is 2. The number of carbonyl (C=O) groups excluding carboxylic acids is 2. The van der Waals surface area contributed by atoms with Crippen LogP contribution in [-0.2, 0) is 9.59 Å². The Bertz CT molecular complexity index is 514. The van der Waals surface area contributed by atoms with Crippen molar-refractivity contribution in [1.29, 1.82) is 0 Å². The molecule has 5 heteroatoms. The minimum atomic E-state index is -0.169. The largest absolute Gasteiger partial charge is 0.354 e. The second kappa shape index (κ2) is 6.38. The van der Waals surface area contributed by atoms with Crippen molar-refractivity contribution in [2.45, 2.75) is 6.42 Å². The Morgan fingerprint density at radius 2 is 2.16 bits per heavy atom. The molecule has 4 nitrogen and oxygen atoms in total. The molecule has 0 radical (unpaired) electrons. The number of carbonyl (C=O) groups is 2. The summed E-state index contributed by atoms with van der Waals surface area (Å²) in [7, 11) is 0. The third kappa shape index (κ3) is 3.83. The van der Waals surface area contributed by atoms with Crippen LogP contribution < -0.4 is 5.32 Å². The molecule has 1 saturated heterocycles. The molecule has 100 valence electrons. The van der Waals surface area contributed by atoms with Crippen molar-refractivity contribution in [3.8, 4) is 0 Å². The van der Waals surface area contributed by atoms with Gasteiger partial charge in [0.1, 0.15) is 0 Å². The Morgan fingerprint density at radius 3 is 2.95 bits per heavy atom. The summed E-state index contributed by atoms with van der Waals surface area (Å²) in [5, 5.41) is 3.33. The lowest BCUT2D eigenvalue weighted by atomic mass is 10.2. The molecule has 1 N–H and O–H groups in total. The van der Waals surface area contributed by atoms with Crippen LogP contribution in [0.15, 0.2) is 30.3 Å². The topological polar surface area (TPSA) is 49.4 Å². The van der Waals surface area contributed by atoms with Gasteiger partial charge in [-0.1, -0.05) is 29.8 Å². The Hall–Kier alpha value is -1.81. The van der Waals surface area contributed by atoms with Crippen LogP contribution in [0.25, 0.3) is 6.08 Å². The molecular weight excluding hydrogens is 264 g/mol. The maximum absolute atomic E-state index is 12.0. The molecular formula is C14H15ClN2O2. The van der Waals surface area contributed by atoms with E-state index < -0.39 is 0 Å². The minimum absolute atomic E-state index is 0.114. The first kappa shape index (κ1) is 13.6. The van der Waals surface area contributed by atoms with Gasteiger partial charge in [0.25, 0.3) is 0 Å². The molecule has 1 aromatic rings. The van der Waals surface area contributed by atoms with Crippen molar-refractivity contribution in [3.05, 3.63) is 40.9 Å². The third-order valence-electron chi connectivity index (χ3n) is 2.88. The van der Waals surface area contributed by atoms with E-state index in [1.165, 1.54) is 11.0 Å². The molecule has 2 rings (SSSR count). The van der Waals surface area contributed by atoms with Crippen LogP contribution in [0.3, 0.4) is 0 Å². The maximum Gasteiger partial charge on any atom is 0.247 e. The molecule has 2 amide bonds. The molecule has 1 aromatic carbocycles. The minimum Gasteiger partial charge on any atom is -0.354 e. The highest BCUT2D eigenvalue weighted by Crippen LogP contribution is 2.16.